The van der Waals surface area contributed by atoms with Gasteiger partial charge in [0.2, 0.25) is 0 Å². The predicted molar refractivity (Wildman–Crippen MR) is 135 cm³/mol. The molecule has 0 atom stereocenters. The van der Waals surface area contributed by atoms with Crippen LogP contribution in [0, 0.1) is 0 Å². The van der Waals surface area contributed by atoms with E-state index in [1.165, 1.54) is 0 Å². The van der Waals surface area contributed by atoms with E-state index >= 15 is 0 Å². The second-order valence-corrected chi connectivity index (χ2v) is 10.6. The molecule has 0 radical (unpaired) electrons. The third kappa shape index (κ3) is 73.5. The Bertz CT molecular complexity index is 241. The molecule has 0 saturated heterocycles. The molecule has 0 rings (SSSR count). The molecule has 0 aromatic heterocycles. The first-order valence-corrected chi connectivity index (χ1v) is 11.0. The van der Waals surface area contributed by atoms with Crippen LogP contribution in [0.5, 0.6) is 0 Å². The van der Waals surface area contributed by atoms with E-state index in [0.717, 1.165) is 26.2 Å². The van der Waals surface area contributed by atoms with E-state index in [1.807, 2.05) is 0 Å². The summed E-state index contributed by atoms with van der Waals surface area (Å²) in [6.07, 6.45) is 0. The van der Waals surface area contributed by atoms with Gasteiger partial charge in [0.25, 0.3) is 0 Å². The molecule has 0 saturated carbocycles. The third-order valence-corrected chi connectivity index (χ3v) is 2.53. The van der Waals surface area contributed by atoms with Crippen molar-refractivity contribution in [2.24, 2.45) is 0 Å². The monoisotopic (exact) mass is 448 g/mol. The van der Waals surface area contributed by atoms with Crippen LogP contribution < -0.4 is 0 Å². The van der Waals surface area contributed by atoms with Crippen LogP contribution in [-0.4, -0.2) is 48.3 Å². The number of hydrogen-bond donors (Lipinski definition) is 0. The average Bonchev–Trinajstić information content (AvgIpc) is 2.34. The van der Waals surface area contributed by atoms with Crippen molar-refractivity contribution < 1.29 is 21.7 Å². The first-order valence-electron chi connectivity index (χ1n) is 11.0. The molecular weight excluding hydrogens is 392 g/mol. The molecule has 4 nitrogen and oxygen atoms in total. The van der Waals surface area contributed by atoms with Gasteiger partial charge in [0.05, 0.1) is 0 Å². The van der Waals surface area contributed by atoms with Crippen LogP contribution in [0.3, 0.4) is 0 Å². The second-order valence-electron chi connectivity index (χ2n) is 10.6. The van der Waals surface area contributed by atoms with Gasteiger partial charge < -0.3 is 21.3 Å². The van der Waals surface area contributed by atoms with Gasteiger partial charge in [-0.3, -0.25) is 0 Å². The third-order valence-electron chi connectivity index (χ3n) is 2.53. The minimum Gasteiger partial charge on any atom is -0.658 e. The molecule has 29 heavy (non-hydrogen) atoms. The van der Waals surface area contributed by atoms with Crippen LogP contribution in [-0.2, 0) is 21.7 Å². The van der Waals surface area contributed by atoms with Gasteiger partial charge >= 0.3 is 21.7 Å². The van der Waals surface area contributed by atoms with Gasteiger partial charge in [-0.25, -0.2) is 0 Å². The molecule has 5 heteroatoms. The fraction of sp³-hybridized carbons (Fsp3) is 1.00. The maximum Gasteiger partial charge on any atom is 4.00 e. The summed E-state index contributed by atoms with van der Waals surface area (Å²) in [4.78, 5) is 0. The largest absolute Gasteiger partial charge is 4.00 e. The van der Waals surface area contributed by atoms with Crippen LogP contribution in [0.4, 0.5) is 0 Å². The summed E-state index contributed by atoms with van der Waals surface area (Å²) in [5, 5.41) is 17.0. The summed E-state index contributed by atoms with van der Waals surface area (Å²) in [5.41, 5.74) is 0.701. The summed E-state index contributed by atoms with van der Waals surface area (Å²) in [6, 6.07) is 0. The normalized spacial score (nSPS) is 11.6. The van der Waals surface area contributed by atoms with Crippen molar-refractivity contribution in [3.63, 3.8) is 0 Å². The Labute approximate surface area is 201 Å². The average molecular weight is 449 g/mol. The zero-order valence-corrected chi connectivity index (χ0v) is 24.7. The van der Waals surface area contributed by atoms with Crippen molar-refractivity contribution in [3.05, 3.63) is 21.3 Å². The number of hydrogen-bond acceptors (Lipinski definition) is 0. The van der Waals surface area contributed by atoms with Crippen LogP contribution in [0.25, 0.3) is 21.3 Å². The standard InChI is InChI=1S/4C6H14N.Ti/c4*1-5-7-6(2,3)4;/h4*5H2,1-4H3;/q4*-1;+4. The van der Waals surface area contributed by atoms with E-state index in [1.54, 1.807) is 0 Å². The Balaban J connectivity index is -0.0000000873. The first kappa shape index (κ1) is 40.0. The Morgan fingerprint density at radius 3 is 0.448 bits per heavy atom. The molecule has 0 aromatic carbocycles. The molecule has 0 aliphatic heterocycles. The molecule has 0 fully saturated rings. The van der Waals surface area contributed by atoms with Gasteiger partial charge in [-0.15, -0.1) is 22.2 Å². The topological polar surface area (TPSA) is 56.4 Å². The van der Waals surface area contributed by atoms with Crippen molar-refractivity contribution in [3.8, 4) is 0 Å². The Kier molecular flexibility index (Phi) is 28.2. The second kappa shape index (κ2) is 20.5. The maximum absolute atomic E-state index is 4.26. The SMILES string of the molecule is CC[N-]C(C)(C)C.CC[N-]C(C)(C)C.CC[N-]C(C)(C)C.CC[N-]C(C)(C)C.[Ti+4]. The minimum atomic E-state index is 0. The van der Waals surface area contributed by atoms with Gasteiger partial charge in [-0.05, 0) is 0 Å². The zero-order valence-electron chi connectivity index (χ0n) is 23.1. The van der Waals surface area contributed by atoms with E-state index in [2.05, 4.69) is 132 Å². The van der Waals surface area contributed by atoms with Crippen molar-refractivity contribution in [1.29, 1.82) is 0 Å². The van der Waals surface area contributed by atoms with Crippen LogP contribution in [0.2, 0.25) is 0 Å². The molecule has 0 N–H and O–H groups in total. The molecule has 0 unspecified atom stereocenters. The molecular formula is C24H56N4Ti. The van der Waals surface area contributed by atoms with E-state index < -0.39 is 0 Å². The van der Waals surface area contributed by atoms with Gasteiger partial charge in [0, 0.05) is 0 Å². The summed E-state index contributed by atoms with van der Waals surface area (Å²) >= 11 is 0. The molecule has 0 bridgehead atoms. The summed E-state index contributed by atoms with van der Waals surface area (Å²) in [7, 11) is 0. The van der Waals surface area contributed by atoms with Crippen LogP contribution in [0.1, 0.15) is 111 Å². The van der Waals surface area contributed by atoms with Crippen molar-refractivity contribution >= 4 is 0 Å². The fourth-order valence-electron chi connectivity index (χ4n) is 1.90. The Morgan fingerprint density at radius 1 is 0.345 bits per heavy atom. The molecule has 0 spiro atoms. The maximum atomic E-state index is 4.26. The summed E-state index contributed by atoms with van der Waals surface area (Å²) < 4.78 is 0. The molecule has 0 heterocycles. The minimum absolute atomic E-state index is 0. The van der Waals surface area contributed by atoms with Crippen molar-refractivity contribution in [1.82, 2.24) is 0 Å². The van der Waals surface area contributed by atoms with Crippen molar-refractivity contribution in [2.75, 3.05) is 26.2 Å². The van der Waals surface area contributed by atoms with E-state index in [-0.39, 0.29) is 43.9 Å². The Hall–Kier alpha value is 0.554. The smallest absolute Gasteiger partial charge is 0.658 e. The van der Waals surface area contributed by atoms with E-state index in [4.69, 9.17) is 0 Å². The van der Waals surface area contributed by atoms with Crippen molar-refractivity contribution in [2.45, 2.75) is 133 Å². The molecule has 0 amide bonds. The fourth-order valence-corrected chi connectivity index (χ4v) is 1.90. The molecule has 0 aliphatic rings. The number of nitrogens with zero attached hydrogens (tertiary/aromatic N) is 4. The summed E-state index contributed by atoms with van der Waals surface area (Å²) in [5.74, 6) is 0. The summed E-state index contributed by atoms with van der Waals surface area (Å²) in [6.45, 7) is 37.3. The van der Waals surface area contributed by atoms with Gasteiger partial charge in [0.15, 0.2) is 0 Å². The molecule has 0 aromatic rings. The quantitative estimate of drug-likeness (QED) is 0.386. The van der Waals surface area contributed by atoms with Gasteiger partial charge in [0.1, 0.15) is 0 Å². The first-order chi connectivity index (χ1) is 12.2. The van der Waals surface area contributed by atoms with Gasteiger partial charge in [-0.1, -0.05) is 111 Å². The van der Waals surface area contributed by atoms with E-state index in [0.29, 0.717) is 0 Å². The van der Waals surface area contributed by atoms with Crippen LogP contribution >= 0.6 is 0 Å². The zero-order chi connectivity index (χ0) is 23.7. The van der Waals surface area contributed by atoms with E-state index in [9.17, 15) is 0 Å². The Morgan fingerprint density at radius 2 is 0.448 bits per heavy atom. The van der Waals surface area contributed by atoms with Gasteiger partial charge in [-0.2, -0.15) is 26.2 Å². The molecule has 176 valence electrons. The molecule has 0 aliphatic carbocycles. The number of rotatable bonds is 4. The predicted octanol–water partition coefficient (Wildman–Crippen LogP) is 8.71. The van der Waals surface area contributed by atoms with Crippen LogP contribution in [0.15, 0.2) is 0 Å².